The average molecular weight is 216 g/mol. The summed E-state index contributed by atoms with van der Waals surface area (Å²) < 4.78 is 18.4. The molecule has 0 bridgehead atoms. The van der Waals surface area contributed by atoms with Crippen LogP contribution in [0.15, 0.2) is 18.2 Å². The Balaban J connectivity index is 2.18. The molecule has 0 aliphatic carbocycles. The molecule has 1 N–H and O–H groups in total. The van der Waals surface area contributed by atoms with Crippen LogP contribution in [0.1, 0.15) is 11.6 Å². The monoisotopic (exact) mass is 215 g/mol. The van der Waals surface area contributed by atoms with Gasteiger partial charge in [-0.15, -0.1) is 0 Å². The summed E-state index contributed by atoms with van der Waals surface area (Å²) in [5.41, 5.74) is 0.881. The molecule has 0 radical (unpaired) electrons. The summed E-state index contributed by atoms with van der Waals surface area (Å²) in [4.78, 5) is 0. The smallest absolute Gasteiger partial charge is 0.142 e. The summed E-state index contributed by atoms with van der Waals surface area (Å²) in [5.74, 6) is -0.378. The Morgan fingerprint density at radius 1 is 1.50 bits per heavy atom. The fraction of sp³-hybridized carbons (Fsp3) is 0.400. The topological polar surface area (TPSA) is 21.3 Å². The maximum Gasteiger partial charge on any atom is 0.142 e. The van der Waals surface area contributed by atoms with Crippen molar-refractivity contribution < 1.29 is 9.13 Å². The lowest BCUT2D eigenvalue weighted by atomic mass is 10.1. The van der Waals surface area contributed by atoms with E-state index in [4.69, 9.17) is 16.3 Å². The van der Waals surface area contributed by atoms with E-state index in [1.807, 2.05) is 6.07 Å². The van der Waals surface area contributed by atoms with Crippen LogP contribution in [0.4, 0.5) is 4.39 Å². The van der Waals surface area contributed by atoms with Gasteiger partial charge in [0.05, 0.1) is 24.3 Å². The molecule has 0 amide bonds. The van der Waals surface area contributed by atoms with Crippen molar-refractivity contribution in [3.8, 4) is 0 Å². The molecule has 2 rings (SSSR count). The first-order valence-corrected chi connectivity index (χ1v) is 4.91. The highest BCUT2D eigenvalue weighted by Crippen LogP contribution is 2.21. The molecule has 4 heteroatoms. The van der Waals surface area contributed by atoms with Crippen LogP contribution in [0.3, 0.4) is 0 Å². The number of halogens is 2. The molecule has 1 aromatic rings. The van der Waals surface area contributed by atoms with Crippen LogP contribution < -0.4 is 5.32 Å². The van der Waals surface area contributed by atoms with Gasteiger partial charge >= 0.3 is 0 Å². The predicted octanol–water partition coefficient (Wildman–Crippen LogP) is 2.14. The van der Waals surface area contributed by atoms with Crippen LogP contribution >= 0.6 is 11.6 Å². The van der Waals surface area contributed by atoms with Crippen molar-refractivity contribution >= 4 is 11.6 Å². The van der Waals surface area contributed by atoms with E-state index in [-0.39, 0.29) is 16.9 Å². The van der Waals surface area contributed by atoms with Gasteiger partial charge in [0, 0.05) is 6.54 Å². The van der Waals surface area contributed by atoms with E-state index < -0.39 is 0 Å². The van der Waals surface area contributed by atoms with Crippen LogP contribution in [-0.4, -0.2) is 19.8 Å². The number of rotatable bonds is 1. The molecule has 1 unspecified atom stereocenters. The number of ether oxygens (including phenoxy) is 1. The minimum absolute atomic E-state index is 0.0792. The molecule has 0 saturated carbocycles. The van der Waals surface area contributed by atoms with Crippen molar-refractivity contribution in [2.45, 2.75) is 6.04 Å². The van der Waals surface area contributed by atoms with Gasteiger partial charge in [0.2, 0.25) is 0 Å². The van der Waals surface area contributed by atoms with Crippen LogP contribution in [0.25, 0.3) is 0 Å². The number of benzene rings is 1. The molecule has 0 spiro atoms. The fourth-order valence-electron chi connectivity index (χ4n) is 1.51. The molecule has 1 aliphatic rings. The van der Waals surface area contributed by atoms with Crippen molar-refractivity contribution in [3.05, 3.63) is 34.6 Å². The van der Waals surface area contributed by atoms with Gasteiger partial charge in [-0.05, 0) is 17.7 Å². The summed E-state index contributed by atoms with van der Waals surface area (Å²) in [7, 11) is 0. The summed E-state index contributed by atoms with van der Waals surface area (Å²) in [6.45, 7) is 2.10. The minimum Gasteiger partial charge on any atom is -0.378 e. The van der Waals surface area contributed by atoms with E-state index >= 15 is 0 Å². The van der Waals surface area contributed by atoms with Gasteiger partial charge in [0.15, 0.2) is 0 Å². The zero-order valence-electron chi connectivity index (χ0n) is 7.59. The molecule has 1 aromatic carbocycles. The highest BCUT2D eigenvalue weighted by atomic mass is 35.5. The van der Waals surface area contributed by atoms with Crippen LogP contribution in [-0.2, 0) is 4.74 Å². The molecule has 76 valence electrons. The third kappa shape index (κ3) is 2.05. The molecule has 1 fully saturated rings. The van der Waals surface area contributed by atoms with Gasteiger partial charge in [-0.3, -0.25) is 0 Å². The average Bonchev–Trinajstić information content (AvgIpc) is 2.23. The molecule has 1 aliphatic heterocycles. The Hall–Kier alpha value is -0.640. The van der Waals surface area contributed by atoms with E-state index in [0.717, 1.165) is 12.1 Å². The van der Waals surface area contributed by atoms with Gasteiger partial charge < -0.3 is 10.1 Å². The van der Waals surface area contributed by atoms with E-state index in [2.05, 4.69) is 5.32 Å². The third-order valence-corrected chi connectivity index (χ3v) is 2.57. The van der Waals surface area contributed by atoms with Crippen molar-refractivity contribution in [2.75, 3.05) is 19.8 Å². The van der Waals surface area contributed by atoms with E-state index in [9.17, 15) is 4.39 Å². The van der Waals surface area contributed by atoms with E-state index in [1.54, 1.807) is 6.07 Å². The molecule has 1 heterocycles. The predicted molar refractivity (Wildman–Crippen MR) is 53.0 cm³/mol. The quantitative estimate of drug-likeness (QED) is 0.775. The molecule has 0 aromatic heterocycles. The molecular weight excluding hydrogens is 205 g/mol. The lowest BCUT2D eigenvalue weighted by Crippen LogP contribution is -2.34. The standard InChI is InChI=1S/C10H11ClFNO/c11-8-2-1-7(5-9(8)12)10-6-14-4-3-13-10/h1-2,5,10,13H,3-4,6H2. The second kappa shape index (κ2) is 4.26. The van der Waals surface area contributed by atoms with Crippen molar-refractivity contribution in [3.63, 3.8) is 0 Å². The van der Waals surface area contributed by atoms with Gasteiger partial charge in [0.1, 0.15) is 5.82 Å². The SMILES string of the molecule is Fc1cc(C2COCCN2)ccc1Cl. The normalized spacial score (nSPS) is 22.3. The summed E-state index contributed by atoms with van der Waals surface area (Å²) in [6.07, 6.45) is 0. The zero-order chi connectivity index (χ0) is 9.97. The Bertz CT molecular complexity index is 326. The second-order valence-corrected chi connectivity index (χ2v) is 3.66. The van der Waals surface area contributed by atoms with Crippen LogP contribution in [0, 0.1) is 5.82 Å². The molecule has 2 nitrogen and oxygen atoms in total. The number of nitrogens with one attached hydrogen (secondary N) is 1. The van der Waals surface area contributed by atoms with Crippen LogP contribution in [0.5, 0.6) is 0 Å². The third-order valence-electron chi connectivity index (χ3n) is 2.27. The number of hydrogen-bond acceptors (Lipinski definition) is 2. The first-order chi connectivity index (χ1) is 6.77. The lowest BCUT2D eigenvalue weighted by Gasteiger charge is -2.24. The van der Waals surface area contributed by atoms with Gasteiger partial charge in [-0.1, -0.05) is 17.7 Å². The van der Waals surface area contributed by atoms with Crippen molar-refractivity contribution in [1.82, 2.24) is 5.32 Å². The minimum atomic E-state index is -0.378. The molecular formula is C10H11ClFNO. The highest BCUT2D eigenvalue weighted by molar-refractivity contribution is 6.30. The van der Waals surface area contributed by atoms with E-state index in [0.29, 0.717) is 13.2 Å². The second-order valence-electron chi connectivity index (χ2n) is 3.26. The Labute approximate surface area is 87.0 Å². The summed E-state index contributed by atoms with van der Waals surface area (Å²) >= 11 is 5.59. The maximum atomic E-state index is 13.1. The van der Waals surface area contributed by atoms with Gasteiger partial charge in [-0.25, -0.2) is 4.39 Å². The number of hydrogen-bond donors (Lipinski definition) is 1. The zero-order valence-corrected chi connectivity index (χ0v) is 8.35. The van der Waals surface area contributed by atoms with Crippen molar-refractivity contribution in [1.29, 1.82) is 0 Å². The Morgan fingerprint density at radius 3 is 3.00 bits per heavy atom. The fourth-order valence-corrected chi connectivity index (χ4v) is 1.63. The van der Waals surface area contributed by atoms with Gasteiger partial charge in [0.25, 0.3) is 0 Å². The molecule has 1 atom stereocenters. The maximum absolute atomic E-state index is 13.1. The molecule has 14 heavy (non-hydrogen) atoms. The first kappa shape index (κ1) is 9.90. The summed E-state index contributed by atoms with van der Waals surface area (Å²) in [6, 6.07) is 4.92. The largest absolute Gasteiger partial charge is 0.378 e. The number of morpholine rings is 1. The van der Waals surface area contributed by atoms with Gasteiger partial charge in [-0.2, -0.15) is 0 Å². The first-order valence-electron chi connectivity index (χ1n) is 4.53. The Kier molecular flexibility index (Phi) is 3.01. The van der Waals surface area contributed by atoms with Crippen LogP contribution in [0.2, 0.25) is 5.02 Å². The highest BCUT2D eigenvalue weighted by Gasteiger charge is 2.15. The molecule has 1 saturated heterocycles. The summed E-state index contributed by atoms with van der Waals surface area (Å²) in [5, 5.41) is 3.41. The Morgan fingerprint density at radius 2 is 2.36 bits per heavy atom. The van der Waals surface area contributed by atoms with Crippen molar-refractivity contribution in [2.24, 2.45) is 0 Å². The van der Waals surface area contributed by atoms with E-state index in [1.165, 1.54) is 6.07 Å². The lowest BCUT2D eigenvalue weighted by molar-refractivity contribution is 0.0768.